The largest absolute Gasteiger partial charge is 0.497 e. The summed E-state index contributed by atoms with van der Waals surface area (Å²) < 4.78 is 10.4. The Balaban J connectivity index is 1.52. The van der Waals surface area contributed by atoms with Gasteiger partial charge in [-0.05, 0) is 61.7 Å². The fourth-order valence-electron chi connectivity index (χ4n) is 4.50. The van der Waals surface area contributed by atoms with Crippen LogP contribution >= 0.6 is 23.8 Å². The number of methoxy groups -OCH3 is 2. The third-order valence-corrected chi connectivity index (χ3v) is 7.43. The van der Waals surface area contributed by atoms with Crippen molar-refractivity contribution < 1.29 is 19.1 Å². The van der Waals surface area contributed by atoms with Crippen LogP contribution in [0.1, 0.15) is 6.42 Å². The molecular weight excluding hydrogens is 514 g/mol. The number of rotatable bonds is 9. The average Bonchev–Trinajstić information content (AvgIpc) is 3.12. The van der Waals surface area contributed by atoms with Crippen molar-refractivity contribution in [1.29, 1.82) is 0 Å². The normalized spacial score (nSPS) is 18.9. The van der Waals surface area contributed by atoms with E-state index in [2.05, 4.69) is 22.2 Å². The maximum atomic E-state index is 13.7. The molecule has 0 unspecified atom stereocenters. The zero-order valence-electron chi connectivity index (χ0n) is 21.3. The Labute approximate surface area is 227 Å². The third kappa shape index (κ3) is 6.32. The van der Waals surface area contributed by atoms with Crippen molar-refractivity contribution in [2.45, 2.75) is 12.5 Å². The molecule has 2 heterocycles. The molecule has 1 N–H and O–H groups in total. The van der Waals surface area contributed by atoms with Crippen molar-refractivity contribution in [3.63, 3.8) is 0 Å². The second-order valence-corrected chi connectivity index (χ2v) is 9.88. The van der Waals surface area contributed by atoms with Gasteiger partial charge in [-0.25, -0.2) is 0 Å². The lowest BCUT2D eigenvalue weighted by Gasteiger charge is -2.34. The molecule has 0 spiro atoms. The number of thiocarbonyl (C=S) groups is 1. The molecule has 11 heteroatoms. The van der Waals surface area contributed by atoms with Gasteiger partial charge in [0.05, 0.1) is 31.4 Å². The lowest BCUT2D eigenvalue weighted by atomic mass is 10.1. The number of benzene rings is 2. The summed E-state index contributed by atoms with van der Waals surface area (Å²) in [6.45, 7) is 5.17. The monoisotopic (exact) mass is 545 g/mol. The molecule has 1 atom stereocenters. The van der Waals surface area contributed by atoms with Gasteiger partial charge in [0, 0.05) is 45.0 Å². The van der Waals surface area contributed by atoms with Gasteiger partial charge in [0.1, 0.15) is 17.5 Å². The topological polar surface area (TPSA) is 77.6 Å². The summed E-state index contributed by atoms with van der Waals surface area (Å²) in [5, 5.41) is 3.62. The third-order valence-electron chi connectivity index (χ3n) is 6.72. The first kappa shape index (κ1) is 27.1. The summed E-state index contributed by atoms with van der Waals surface area (Å²) in [4.78, 5) is 34.7. The molecule has 4 rings (SSSR count). The Hall–Kier alpha value is -2.92. The molecule has 2 aliphatic rings. The molecule has 9 nitrogen and oxygen atoms in total. The summed E-state index contributed by atoms with van der Waals surface area (Å²) in [5.41, 5.74) is 1.17. The van der Waals surface area contributed by atoms with Crippen LogP contribution in [-0.4, -0.2) is 98.2 Å². The number of carbonyl (C=O) groups excluding carboxylic acids is 2. The maximum absolute atomic E-state index is 13.7. The standard InChI is InChI=1S/C26H32ClN5O4S/c1-29-10-12-30(13-11-29)14-15-31-22(17-24(33)28-18-4-7-20(35-2)8-5-18)25(34)32(26(31)37)19-6-9-23(36-3)21(27)16-19/h4-9,16,22H,10-15,17H2,1-3H3,(H,28,33)/t22-/m1/s1. The van der Waals surface area contributed by atoms with Crippen molar-refractivity contribution in [2.75, 3.05) is 70.8 Å². The number of likely N-dealkylation sites (N-methyl/N-ethyl adjacent to an activating group) is 1. The number of hydrogen-bond donors (Lipinski definition) is 1. The highest BCUT2D eigenvalue weighted by Gasteiger charge is 2.44. The van der Waals surface area contributed by atoms with Crippen LogP contribution in [0.4, 0.5) is 11.4 Å². The fraction of sp³-hybridized carbons (Fsp3) is 0.423. The maximum Gasteiger partial charge on any atom is 0.256 e. The van der Waals surface area contributed by atoms with Crippen LogP contribution < -0.4 is 19.7 Å². The number of amides is 2. The number of nitrogens with one attached hydrogen (secondary N) is 1. The van der Waals surface area contributed by atoms with Gasteiger partial charge in [0.25, 0.3) is 5.91 Å². The summed E-state index contributed by atoms with van der Waals surface area (Å²) in [6.07, 6.45) is -0.0336. The SMILES string of the molecule is COc1ccc(NC(=O)C[C@@H]2C(=O)N(c3ccc(OC)c(Cl)c3)C(=S)N2CCN2CCN(C)CC2)cc1. The predicted octanol–water partition coefficient (Wildman–Crippen LogP) is 2.94. The van der Waals surface area contributed by atoms with Crippen LogP contribution in [0.15, 0.2) is 42.5 Å². The van der Waals surface area contributed by atoms with Crippen LogP contribution in [0.5, 0.6) is 11.5 Å². The summed E-state index contributed by atoms with van der Waals surface area (Å²) in [5.74, 6) is 0.670. The van der Waals surface area contributed by atoms with Gasteiger partial charge < -0.3 is 24.6 Å². The fourth-order valence-corrected chi connectivity index (χ4v) is 5.17. The van der Waals surface area contributed by atoms with E-state index in [9.17, 15) is 9.59 Å². The van der Waals surface area contributed by atoms with Crippen molar-refractivity contribution in [2.24, 2.45) is 0 Å². The minimum absolute atomic E-state index is 0.0336. The molecule has 0 aromatic heterocycles. The summed E-state index contributed by atoms with van der Waals surface area (Å²) >= 11 is 12.1. The van der Waals surface area contributed by atoms with Crippen LogP contribution in [0, 0.1) is 0 Å². The number of halogens is 1. The molecule has 2 saturated heterocycles. The molecule has 2 fully saturated rings. The Morgan fingerprint density at radius 1 is 1.05 bits per heavy atom. The lowest BCUT2D eigenvalue weighted by molar-refractivity contribution is -0.124. The molecule has 2 amide bonds. The first-order valence-electron chi connectivity index (χ1n) is 12.1. The van der Waals surface area contributed by atoms with Crippen molar-refractivity contribution in [1.82, 2.24) is 14.7 Å². The van der Waals surface area contributed by atoms with E-state index in [4.69, 9.17) is 33.3 Å². The molecule has 2 aromatic rings. The van der Waals surface area contributed by atoms with Crippen molar-refractivity contribution >= 4 is 52.1 Å². The van der Waals surface area contributed by atoms with E-state index in [1.165, 1.54) is 12.0 Å². The Bertz CT molecular complexity index is 1140. The molecular formula is C26H32ClN5O4S. The van der Waals surface area contributed by atoms with Gasteiger partial charge in [-0.3, -0.25) is 19.4 Å². The molecule has 0 bridgehead atoms. The number of anilines is 2. The number of nitrogens with zero attached hydrogens (tertiary/aromatic N) is 4. The highest BCUT2D eigenvalue weighted by molar-refractivity contribution is 7.80. The highest BCUT2D eigenvalue weighted by Crippen LogP contribution is 2.33. The molecule has 198 valence electrons. The summed E-state index contributed by atoms with van der Waals surface area (Å²) in [6, 6.07) is 11.4. The van der Waals surface area contributed by atoms with Gasteiger partial charge in [0.15, 0.2) is 5.11 Å². The van der Waals surface area contributed by atoms with Crippen LogP contribution in [-0.2, 0) is 9.59 Å². The number of carbonyl (C=O) groups is 2. The van der Waals surface area contributed by atoms with Gasteiger partial charge in [0.2, 0.25) is 5.91 Å². The quantitative estimate of drug-likeness (QED) is 0.482. The van der Waals surface area contributed by atoms with Crippen molar-refractivity contribution in [3.05, 3.63) is 47.5 Å². The number of ether oxygens (including phenoxy) is 2. The predicted molar refractivity (Wildman–Crippen MR) is 149 cm³/mol. The van der Waals surface area contributed by atoms with E-state index in [0.717, 1.165) is 32.7 Å². The average molecular weight is 546 g/mol. The van der Waals surface area contributed by atoms with Crippen LogP contribution in [0.25, 0.3) is 0 Å². The van der Waals surface area contributed by atoms with E-state index < -0.39 is 6.04 Å². The van der Waals surface area contributed by atoms with E-state index in [1.54, 1.807) is 49.6 Å². The van der Waals surface area contributed by atoms with E-state index in [0.29, 0.717) is 39.6 Å². The first-order chi connectivity index (χ1) is 17.8. The molecule has 0 saturated carbocycles. The van der Waals surface area contributed by atoms with Gasteiger partial charge in [-0.2, -0.15) is 0 Å². The first-order valence-corrected chi connectivity index (χ1v) is 12.9. The second-order valence-electron chi connectivity index (χ2n) is 9.11. The Kier molecular flexibility index (Phi) is 8.86. The Morgan fingerprint density at radius 2 is 1.76 bits per heavy atom. The second kappa shape index (κ2) is 12.1. The highest BCUT2D eigenvalue weighted by atomic mass is 35.5. The van der Waals surface area contributed by atoms with Crippen molar-refractivity contribution in [3.8, 4) is 11.5 Å². The molecule has 2 aromatic carbocycles. The minimum atomic E-state index is -0.723. The minimum Gasteiger partial charge on any atom is -0.497 e. The van der Waals surface area contributed by atoms with Crippen LogP contribution in [0.2, 0.25) is 5.02 Å². The summed E-state index contributed by atoms with van der Waals surface area (Å²) in [7, 11) is 5.23. The zero-order chi connectivity index (χ0) is 26.5. The van der Waals surface area contributed by atoms with Crippen LogP contribution in [0.3, 0.4) is 0 Å². The van der Waals surface area contributed by atoms with Gasteiger partial charge >= 0.3 is 0 Å². The molecule has 0 radical (unpaired) electrons. The smallest absolute Gasteiger partial charge is 0.256 e. The van der Waals surface area contributed by atoms with Gasteiger partial charge in [-0.15, -0.1) is 0 Å². The Morgan fingerprint density at radius 3 is 2.38 bits per heavy atom. The van der Waals surface area contributed by atoms with Gasteiger partial charge in [-0.1, -0.05) is 11.6 Å². The lowest BCUT2D eigenvalue weighted by Crippen LogP contribution is -2.48. The van der Waals surface area contributed by atoms with E-state index in [1.807, 2.05) is 4.90 Å². The molecule has 0 aliphatic carbocycles. The van der Waals surface area contributed by atoms with E-state index >= 15 is 0 Å². The number of hydrogen-bond acceptors (Lipinski definition) is 7. The molecule has 2 aliphatic heterocycles. The number of piperazine rings is 1. The zero-order valence-corrected chi connectivity index (χ0v) is 22.8. The molecule has 37 heavy (non-hydrogen) atoms. The van der Waals surface area contributed by atoms with E-state index in [-0.39, 0.29) is 18.2 Å².